The summed E-state index contributed by atoms with van der Waals surface area (Å²) in [5, 5.41) is 3.67. The molecule has 1 heterocycles. The predicted octanol–water partition coefficient (Wildman–Crippen LogP) is 4.06. The molecule has 0 aromatic rings. The molecule has 114 valence electrons. The topological polar surface area (TPSA) is 15.3 Å². The molecule has 1 fully saturated rings. The molecule has 0 bridgehead atoms. The van der Waals surface area contributed by atoms with Crippen LogP contribution in [0.25, 0.3) is 0 Å². The van der Waals surface area contributed by atoms with Gasteiger partial charge in [-0.3, -0.25) is 4.90 Å². The fourth-order valence-corrected chi connectivity index (χ4v) is 4.19. The van der Waals surface area contributed by atoms with Crippen LogP contribution in [-0.4, -0.2) is 36.6 Å². The van der Waals surface area contributed by atoms with Crippen LogP contribution < -0.4 is 5.32 Å². The van der Waals surface area contributed by atoms with Gasteiger partial charge in [0.25, 0.3) is 0 Å². The van der Waals surface area contributed by atoms with E-state index in [0.717, 1.165) is 5.92 Å². The van der Waals surface area contributed by atoms with E-state index < -0.39 is 0 Å². The van der Waals surface area contributed by atoms with Gasteiger partial charge in [0.15, 0.2) is 0 Å². The first-order valence-corrected chi connectivity index (χ1v) is 8.56. The van der Waals surface area contributed by atoms with Gasteiger partial charge >= 0.3 is 0 Å². The highest BCUT2D eigenvalue weighted by atomic mass is 15.2. The molecule has 2 atom stereocenters. The highest BCUT2D eigenvalue weighted by Gasteiger charge is 2.41. The minimum absolute atomic E-state index is 0.382. The van der Waals surface area contributed by atoms with Gasteiger partial charge in [-0.15, -0.1) is 0 Å². The Morgan fingerprint density at radius 2 is 1.68 bits per heavy atom. The lowest BCUT2D eigenvalue weighted by molar-refractivity contribution is 0.0552. The van der Waals surface area contributed by atoms with Crippen LogP contribution in [0, 0.1) is 5.92 Å². The zero-order valence-corrected chi connectivity index (χ0v) is 14.0. The number of nitrogens with one attached hydrogen (secondary N) is 1. The maximum Gasteiger partial charge on any atom is 0.0357 e. The van der Waals surface area contributed by atoms with Crippen LogP contribution in [0.3, 0.4) is 0 Å². The van der Waals surface area contributed by atoms with Crippen molar-refractivity contribution in [3.8, 4) is 0 Å². The van der Waals surface area contributed by atoms with E-state index in [-0.39, 0.29) is 0 Å². The molecule has 0 saturated carbocycles. The van der Waals surface area contributed by atoms with Crippen molar-refractivity contribution in [3.05, 3.63) is 0 Å². The molecule has 1 N–H and O–H groups in total. The van der Waals surface area contributed by atoms with E-state index in [0.29, 0.717) is 11.6 Å². The van der Waals surface area contributed by atoms with Crippen molar-refractivity contribution in [1.29, 1.82) is 0 Å². The van der Waals surface area contributed by atoms with Crippen molar-refractivity contribution >= 4 is 0 Å². The molecule has 0 amide bonds. The quantitative estimate of drug-likeness (QED) is 0.678. The molecule has 2 heteroatoms. The molecule has 0 aliphatic carbocycles. The first-order chi connectivity index (χ1) is 9.14. The maximum atomic E-state index is 3.67. The van der Waals surface area contributed by atoms with Crippen LogP contribution >= 0.6 is 0 Å². The molecular weight excluding hydrogens is 232 g/mol. The summed E-state index contributed by atoms with van der Waals surface area (Å²) >= 11 is 0. The van der Waals surface area contributed by atoms with Crippen molar-refractivity contribution in [3.63, 3.8) is 0 Å². The summed E-state index contributed by atoms with van der Waals surface area (Å²) in [6.45, 7) is 12.1. The van der Waals surface area contributed by atoms with Crippen molar-refractivity contribution in [2.75, 3.05) is 20.1 Å². The molecule has 0 aromatic carbocycles. The molecule has 2 unspecified atom stereocenters. The fourth-order valence-electron chi connectivity index (χ4n) is 4.19. The molecular formula is C17H36N2. The Morgan fingerprint density at radius 1 is 1.11 bits per heavy atom. The standard InChI is InChI=1S/C17H36N2/c1-6-11-15(4)14-16(18-5)17(7-2,8-3)19-12-9-10-13-19/h15-16,18H,6-14H2,1-5H3. The number of hydrogen-bond acceptors (Lipinski definition) is 2. The van der Waals surface area contributed by atoms with Crippen molar-refractivity contribution in [1.82, 2.24) is 10.2 Å². The number of hydrogen-bond donors (Lipinski definition) is 1. The van der Waals surface area contributed by atoms with Gasteiger partial charge in [-0.25, -0.2) is 0 Å². The second kappa shape index (κ2) is 8.26. The highest BCUT2D eigenvalue weighted by molar-refractivity contribution is 5.00. The monoisotopic (exact) mass is 268 g/mol. The third kappa shape index (κ3) is 3.95. The Kier molecular flexibility index (Phi) is 7.38. The van der Waals surface area contributed by atoms with E-state index in [1.165, 1.54) is 58.0 Å². The number of rotatable bonds is 9. The van der Waals surface area contributed by atoms with Gasteiger partial charge < -0.3 is 5.32 Å². The van der Waals surface area contributed by atoms with E-state index in [2.05, 4.69) is 45.0 Å². The first kappa shape index (κ1) is 17.0. The summed E-state index contributed by atoms with van der Waals surface area (Å²) in [4.78, 5) is 2.78. The maximum absolute atomic E-state index is 3.67. The molecule has 0 radical (unpaired) electrons. The normalized spacial score (nSPS) is 20.7. The van der Waals surface area contributed by atoms with E-state index in [4.69, 9.17) is 0 Å². The molecule has 1 saturated heterocycles. The summed E-state index contributed by atoms with van der Waals surface area (Å²) in [5.41, 5.74) is 0.382. The Balaban J connectivity index is 2.80. The lowest BCUT2D eigenvalue weighted by Crippen LogP contribution is -2.59. The lowest BCUT2D eigenvalue weighted by atomic mass is 9.78. The summed E-state index contributed by atoms with van der Waals surface area (Å²) in [6, 6.07) is 0.641. The number of likely N-dealkylation sites (tertiary alicyclic amines) is 1. The zero-order valence-electron chi connectivity index (χ0n) is 14.0. The minimum Gasteiger partial charge on any atom is -0.315 e. The van der Waals surface area contributed by atoms with Gasteiger partial charge in [-0.2, -0.15) is 0 Å². The molecule has 1 rings (SSSR count). The van der Waals surface area contributed by atoms with E-state index >= 15 is 0 Å². The average molecular weight is 268 g/mol. The smallest absolute Gasteiger partial charge is 0.0357 e. The number of nitrogens with zero attached hydrogens (tertiary/aromatic N) is 1. The van der Waals surface area contributed by atoms with Crippen molar-refractivity contribution < 1.29 is 0 Å². The minimum atomic E-state index is 0.382. The fraction of sp³-hybridized carbons (Fsp3) is 1.00. The van der Waals surface area contributed by atoms with Crippen LogP contribution in [-0.2, 0) is 0 Å². The molecule has 1 aliphatic rings. The molecule has 0 spiro atoms. The third-order valence-electron chi connectivity index (χ3n) is 5.38. The van der Waals surface area contributed by atoms with Crippen LogP contribution in [0.1, 0.15) is 72.6 Å². The summed E-state index contributed by atoms with van der Waals surface area (Å²) in [7, 11) is 2.17. The second-order valence-corrected chi connectivity index (χ2v) is 6.48. The van der Waals surface area contributed by atoms with Gasteiger partial charge in [0.2, 0.25) is 0 Å². The first-order valence-electron chi connectivity index (χ1n) is 8.56. The Bertz CT molecular complexity index is 229. The molecule has 19 heavy (non-hydrogen) atoms. The van der Waals surface area contributed by atoms with Crippen molar-refractivity contribution in [2.24, 2.45) is 5.92 Å². The Labute approximate surface area is 121 Å². The van der Waals surface area contributed by atoms with Gasteiger partial charge in [-0.1, -0.05) is 40.5 Å². The van der Waals surface area contributed by atoms with E-state index in [1.54, 1.807) is 0 Å². The lowest BCUT2D eigenvalue weighted by Gasteiger charge is -2.47. The summed E-state index contributed by atoms with van der Waals surface area (Å²) < 4.78 is 0. The SMILES string of the molecule is CCCC(C)CC(NC)C(CC)(CC)N1CCCC1. The predicted molar refractivity (Wildman–Crippen MR) is 85.7 cm³/mol. The third-order valence-corrected chi connectivity index (χ3v) is 5.38. The molecule has 1 aliphatic heterocycles. The van der Waals surface area contributed by atoms with Gasteiger partial charge in [0.1, 0.15) is 0 Å². The van der Waals surface area contributed by atoms with Gasteiger partial charge in [0, 0.05) is 11.6 Å². The highest BCUT2D eigenvalue weighted by Crippen LogP contribution is 2.34. The van der Waals surface area contributed by atoms with E-state index in [1.807, 2.05) is 0 Å². The van der Waals surface area contributed by atoms with Crippen molar-refractivity contribution in [2.45, 2.75) is 84.2 Å². The average Bonchev–Trinajstić information content (AvgIpc) is 2.94. The van der Waals surface area contributed by atoms with Crippen LogP contribution in [0.5, 0.6) is 0 Å². The largest absolute Gasteiger partial charge is 0.315 e. The van der Waals surface area contributed by atoms with Gasteiger partial charge in [-0.05, 0) is 58.2 Å². The van der Waals surface area contributed by atoms with Gasteiger partial charge in [0.05, 0.1) is 0 Å². The summed E-state index contributed by atoms with van der Waals surface area (Å²) in [6.07, 6.45) is 9.32. The van der Waals surface area contributed by atoms with Crippen LogP contribution in [0.15, 0.2) is 0 Å². The van der Waals surface area contributed by atoms with Crippen LogP contribution in [0.4, 0.5) is 0 Å². The van der Waals surface area contributed by atoms with Crippen LogP contribution in [0.2, 0.25) is 0 Å². The second-order valence-electron chi connectivity index (χ2n) is 6.48. The molecule has 0 aromatic heterocycles. The number of likely N-dealkylation sites (N-methyl/N-ethyl adjacent to an activating group) is 1. The van der Waals surface area contributed by atoms with E-state index in [9.17, 15) is 0 Å². The Morgan fingerprint density at radius 3 is 2.11 bits per heavy atom. The summed E-state index contributed by atoms with van der Waals surface area (Å²) in [5.74, 6) is 0.836. The Hall–Kier alpha value is -0.0800. The molecule has 2 nitrogen and oxygen atoms in total. The zero-order chi connectivity index (χ0) is 14.3.